The fraction of sp³-hybridized carbons (Fsp3) is 0.222. The van der Waals surface area contributed by atoms with Crippen molar-refractivity contribution in [1.82, 2.24) is 14.5 Å². The van der Waals surface area contributed by atoms with E-state index in [4.69, 9.17) is 20.7 Å². The van der Waals surface area contributed by atoms with Gasteiger partial charge in [0.25, 0.3) is 5.91 Å². The molecule has 0 unspecified atom stereocenters. The van der Waals surface area contributed by atoms with Gasteiger partial charge in [0.15, 0.2) is 5.84 Å². The van der Waals surface area contributed by atoms with E-state index in [0.717, 1.165) is 17.0 Å². The minimum Gasteiger partial charge on any atom is -0.466 e. The Bertz CT molecular complexity index is 1460. The number of nitrogens with two attached hydrogens (primary N) is 1. The van der Waals surface area contributed by atoms with Crippen LogP contribution in [0, 0.1) is 0 Å². The SMILES string of the molecule is CCOC(=O)CCN(C(=O)c1ccc2c(c1)nc(CNc1ccc(/C(N)=N\O)cc1)n2C)c1ccccn1.Cl. The lowest BCUT2D eigenvalue weighted by atomic mass is 10.1. The maximum atomic E-state index is 13.5. The highest BCUT2D eigenvalue weighted by atomic mass is 35.5. The maximum Gasteiger partial charge on any atom is 0.307 e. The largest absolute Gasteiger partial charge is 0.466 e. The first-order chi connectivity index (χ1) is 18.4. The highest BCUT2D eigenvalue weighted by Crippen LogP contribution is 2.21. The molecule has 0 bridgehead atoms. The molecule has 204 valence electrons. The quantitative estimate of drug-likeness (QED) is 0.0888. The van der Waals surface area contributed by atoms with E-state index in [1.807, 2.05) is 29.8 Å². The summed E-state index contributed by atoms with van der Waals surface area (Å²) in [7, 11) is 1.91. The Labute approximate surface area is 231 Å². The van der Waals surface area contributed by atoms with Gasteiger partial charge in [-0.05, 0) is 61.5 Å². The number of imidazole rings is 1. The molecule has 0 aliphatic carbocycles. The van der Waals surface area contributed by atoms with Gasteiger partial charge in [0.1, 0.15) is 11.6 Å². The van der Waals surface area contributed by atoms with Crippen LogP contribution in [0.15, 0.2) is 72.0 Å². The van der Waals surface area contributed by atoms with E-state index in [9.17, 15) is 9.59 Å². The zero-order valence-electron chi connectivity index (χ0n) is 21.6. The number of benzene rings is 2. The van der Waals surface area contributed by atoms with E-state index in [1.165, 1.54) is 4.90 Å². The van der Waals surface area contributed by atoms with Crippen LogP contribution in [0.25, 0.3) is 11.0 Å². The van der Waals surface area contributed by atoms with Crippen LogP contribution in [0.5, 0.6) is 0 Å². The molecule has 2 heterocycles. The monoisotopic (exact) mass is 551 g/mol. The Morgan fingerprint density at radius 3 is 2.54 bits per heavy atom. The van der Waals surface area contributed by atoms with Crippen LogP contribution in [0.2, 0.25) is 0 Å². The topological polar surface area (TPSA) is 148 Å². The van der Waals surface area contributed by atoms with Crippen molar-refractivity contribution in [3.05, 3.63) is 83.8 Å². The first-order valence-electron chi connectivity index (χ1n) is 12.1. The molecule has 11 nitrogen and oxygen atoms in total. The van der Waals surface area contributed by atoms with Gasteiger partial charge in [-0.2, -0.15) is 0 Å². The summed E-state index contributed by atoms with van der Waals surface area (Å²) in [6.07, 6.45) is 1.65. The summed E-state index contributed by atoms with van der Waals surface area (Å²) >= 11 is 0. The average molecular weight is 552 g/mol. The van der Waals surface area contributed by atoms with E-state index in [2.05, 4.69) is 15.5 Å². The number of anilines is 2. The molecule has 0 aliphatic heterocycles. The number of halogens is 1. The summed E-state index contributed by atoms with van der Waals surface area (Å²) in [5.41, 5.74) is 9.04. The Kier molecular flexibility index (Phi) is 9.82. The summed E-state index contributed by atoms with van der Waals surface area (Å²) in [6, 6.07) is 17.8. The lowest BCUT2D eigenvalue weighted by molar-refractivity contribution is -0.142. The molecule has 1 amide bonds. The summed E-state index contributed by atoms with van der Waals surface area (Å²) in [4.78, 5) is 36.0. The first-order valence-corrected chi connectivity index (χ1v) is 12.1. The number of nitrogens with one attached hydrogen (secondary N) is 1. The number of oxime groups is 1. The van der Waals surface area contributed by atoms with Crippen molar-refractivity contribution in [1.29, 1.82) is 0 Å². The summed E-state index contributed by atoms with van der Waals surface area (Å²) in [6.45, 7) is 2.60. The second kappa shape index (κ2) is 13.2. The number of aryl methyl sites for hydroxylation is 1. The first kappa shape index (κ1) is 28.9. The van der Waals surface area contributed by atoms with Crippen molar-refractivity contribution in [2.24, 2.45) is 17.9 Å². The number of ether oxygens (including phenoxy) is 1. The molecule has 2 aromatic heterocycles. The van der Waals surface area contributed by atoms with E-state index in [1.54, 1.807) is 55.6 Å². The highest BCUT2D eigenvalue weighted by molar-refractivity contribution is 6.07. The molecule has 4 rings (SSSR count). The number of carbonyl (C=O) groups is 2. The van der Waals surface area contributed by atoms with Crippen molar-refractivity contribution in [3.63, 3.8) is 0 Å². The zero-order valence-corrected chi connectivity index (χ0v) is 22.4. The Hall–Kier alpha value is -4.64. The molecule has 12 heteroatoms. The number of pyridine rings is 1. The van der Waals surface area contributed by atoms with Crippen LogP contribution in [0.4, 0.5) is 11.5 Å². The predicted molar refractivity (Wildman–Crippen MR) is 151 cm³/mol. The number of rotatable bonds is 10. The Balaban J connectivity index is 0.00000420. The minimum atomic E-state index is -0.377. The normalized spacial score (nSPS) is 11.1. The number of aromatic nitrogens is 3. The van der Waals surface area contributed by atoms with Crippen LogP contribution < -0.4 is 16.0 Å². The molecule has 0 spiro atoms. The van der Waals surface area contributed by atoms with Gasteiger partial charge in [0.05, 0.1) is 30.6 Å². The standard InChI is InChI=1S/C27H29N7O4.ClH/c1-3-38-25(35)13-15-34(23-6-4-5-14-29-23)27(36)19-9-12-22-21(16-19)31-24(33(22)2)17-30-20-10-7-18(8-11-20)26(28)32-37;/h4-12,14,16,30,37H,3,13,15,17H2,1-2H3,(H2,28,32);1H. The Morgan fingerprint density at radius 2 is 1.87 bits per heavy atom. The third-order valence-electron chi connectivity index (χ3n) is 5.98. The number of nitrogens with zero attached hydrogens (tertiary/aromatic N) is 5. The van der Waals surface area contributed by atoms with Gasteiger partial charge in [0.2, 0.25) is 0 Å². The molecular formula is C27H30ClN7O4. The zero-order chi connectivity index (χ0) is 27.1. The molecule has 0 radical (unpaired) electrons. The number of carbonyl (C=O) groups excluding carboxylic acids is 2. The van der Waals surface area contributed by atoms with Gasteiger partial charge in [-0.3, -0.25) is 14.5 Å². The van der Waals surface area contributed by atoms with E-state index < -0.39 is 0 Å². The fourth-order valence-corrected chi connectivity index (χ4v) is 3.96. The van der Waals surface area contributed by atoms with Gasteiger partial charge < -0.3 is 25.6 Å². The number of esters is 1. The molecule has 2 aromatic carbocycles. The lowest BCUT2D eigenvalue weighted by Crippen LogP contribution is -2.34. The Morgan fingerprint density at radius 1 is 1.13 bits per heavy atom. The van der Waals surface area contributed by atoms with Gasteiger partial charge in [-0.15, -0.1) is 12.4 Å². The third kappa shape index (κ3) is 6.82. The van der Waals surface area contributed by atoms with Gasteiger partial charge >= 0.3 is 5.97 Å². The number of hydrogen-bond acceptors (Lipinski definition) is 8. The molecule has 0 saturated carbocycles. The molecule has 39 heavy (non-hydrogen) atoms. The minimum absolute atomic E-state index is 0. The second-order valence-corrected chi connectivity index (χ2v) is 8.41. The van der Waals surface area contributed by atoms with Crippen LogP contribution in [-0.2, 0) is 23.1 Å². The van der Waals surface area contributed by atoms with Gasteiger partial charge in [0, 0.05) is 36.6 Å². The predicted octanol–water partition coefficient (Wildman–Crippen LogP) is 3.70. The van der Waals surface area contributed by atoms with Crippen LogP contribution in [0.1, 0.15) is 35.1 Å². The molecular weight excluding hydrogens is 522 g/mol. The molecule has 0 saturated heterocycles. The maximum absolute atomic E-state index is 13.5. The lowest BCUT2D eigenvalue weighted by Gasteiger charge is -2.21. The smallest absolute Gasteiger partial charge is 0.307 e. The van der Waals surface area contributed by atoms with Crippen molar-refractivity contribution in [3.8, 4) is 0 Å². The number of amidine groups is 1. The molecule has 0 atom stereocenters. The van der Waals surface area contributed by atoms with Gasteiger partial charge in [-0.25, -0.2) is 9.97 Å². The van der Waals surface area contributed by atoms with E-state index in [0.29, 0.717) is 29.0 Å². The molecule has 0 fully saturated rings. The highest BCUT2D eigenvalue weighted by Gasteiger charge is 2.21. The van der Waals surface area contributed by atoms with E-state index >= 15 is 0 Å². The third-order valence-corrected chi connectivity index (χ3v) is 5.98. The van der Waals surface area contributed by atoms with Crippen LogP contribution in [-0.4, -0.2) is 50.6 Å². The van der Waals surface area contributed by atoms with Crippen LogP contribution >= 0.6 is 12.4 Å². The molecule has 4 aromatic rings. The fourth-order valence-electron chi connectivity index (χ4n) is 3.96. The van der Waals surface area contributed by atoms with Crippen molar-refractivity contribution >= 4 is 52.7 Å². The molecule has 0 aliphatic rings. The summed E-state index contributed by atoms with van der Waals surface area (Å²) in [5, 5.41) is 15.1. The molecule has 4 N–H and O–H groups in total. The van der Waals surface area contributed by atoms with Crippen molar-refractivity contribution < 1.29 is 19.5 Å². The van der Waals surface area contributed by atoms with Crippen LogP contribution in [0.3, 0.4) is 0 Å². The second-order valence-electron chi connectivity index (χ2n) is 8.41. The summed E-state index contributed by atoms with van der Waals surface area (Å²) in [5.74, 6) is 0.601. The van der Waals surface area contributed by atoms with Gasteiger partial charge in [-0.1, -0.05) is 11.2 Å². The van der Waals surface area contributed by atoms with Crippen molar-refractivity contribution in [2.45, 2.75) is 19.9 Å². The number of fused-ring (bicyclic) bond motifs is 1. The average Bonchev–Trinajstić information content (AvgIpc) is 3.27. The number of amides is 1. The number of hydrogen-bond donors (Lipinski definition) is 3. The summed E-state index contributed by atoms with van der Waals surface area (Å²) < 4.78 is 6.98. The van der Waals surface area contributed by atoms with E-state index in [-0.39, 0.29) is 49.7 Å². The van der Waals surface area contributed by atoms with Crippen molar-refractivity contribution in [2.75, 3.05) is 23.4 Å².